The summed E-state index contributed by atoms with van der Waals surface area (Å²) < 4.78 is 5.33. The van der Waals surface area contributed by atoms with Gasteiger partial charge in [0.15, 0.2) is 12.0 Å². The van der Waals surface area contributed by atoms with Crippen LogP contribution in [0, 0.1) is 6.92 Å². The van der Waals surface area contributed by atoms with Crippen molar-refractivity contribution in [3.05, 3.63) is 47.7 Å². The highest BCUT2D eigenvalue weighted by molar-refractivity contribution is 5.73. The zero-order valence-corrected chi connectivity index (χ0v) is 7.86. The van der Waals surface area contributed by atoms with Crippen LogP contribution in [0.3, 0.4) is 0 Å². The van der Waals surface area contributed by atoms with Gasteiger partial charge >= 0.3 is 0 Å². The molecule has 0 saturated heterocycles. The minimum absolute atomic E-state index is 0.364. The third-order valence-electron chi connectivity index (χ3n) is 2.15. The maximum absolute atomic E-state index is 10.4. The molecular formula is C12H10O2. The van der Waals surface area contributed by atoms with Crippen molar-refractivity contribution in [1.82, 2.24) is 0 Å². The molecule has 0 aliphatic carbocycles. The van der Waals surface area contributed by atoms with Crippen molar-refractivity contribution in [2.45, 2.75) is 6.92 Å². The molecule has 0 bridgehead atoms. The van der Waals surface area contributed by atoms with Gasteiger partial charge in [-0.05, 0) is 24.6 Å². The predicted molar refractivity (Wildman–Crippen MR) is 54.3 cm³/mol. The summed E-state index contributed by atoms with van der Waals surface area (Å²) in [5.41, 5.74) is 2.17. The van der Waals surface area contributed by atoms with Crippen LogP contribution in [-0.2, 0) is 0 Å². The summed E-state index contributed by atoms with van der Waals surface area (Å²) in [5, 5.41) is 0. The van der Waals surface area contributed by atoms with Gasteiger partial charge in [-0.15, -0.1) is 0 Å². The normalized spacial score (nSPS) is 10.1. The van der Waals surface area contributed by atoms with Crippen molar-refractivity contribution < 1.29 is 9.21 Å². The first kappa shape index (κ1) is 8.75. The second-order valence-corrected chi connectivity index (χ2v) is 3.13. The molecule has 1 aromatic heterocycles. The summed E-state index contributed by atoms with van der Waals surface area (Å²) in [6.45, 7) is 2.01. The van der Waals surface area contributed by atoms with E-state index in [0.717, 1.165) is 16.9 Å². The number of aryl methyl sites for hydroxylation is 1. The fourth-order valence-corrected chi connectivity index (χ4v) is 1.41. The smallest absolute Gasteiger partial charge is 0.185 e. The first-order chi connectivity index (χ1) is 6.81. The summed E-state index contributed by atoms with van der Waals surface area (Å²) in [6, 6.07) is 11.4. The molecule has 0 amide bonds. The van der Waals surface area contributed by atoms with Gasteiger partial charge in [-0.1, -0.05) is 24.3 Å². The lowest BCUT2D eigenvalue weighted by Crippen LogP contribution is -1.78. The maximum Gasteiger partial charge on any atom is 0.185 e. The van der Waals surface area contributed by atoms with Gasteiger partial charge in [-0.3, -0.25) is 4.79 Å². The molecule has 0 fully saturated rings. The van der Waals surface area contributed by atoms with Crippen molar-refractivity contribution in [3.8, 4) is 11.3 Å². The van der Waals surface area contributed by atoms with Crippen LogP contribution >= 0.6 is 0 Å². The molecule has 1 aromatic carbocycles. The van der Waals surface area contributed by atoms with E-state index in [1.54, 1.807) is 6.07 Å². The Morgan fingerprint density at radius 1 is 1.14 bits per heavy atom. The minimum atomic E-state index is 0.364. The van der Waals surface area contributed by atoms with Crippen LogP contribution in [-0.4, -0.2) is 6.29 Å². The van der Waals surface area contributed by atoms with Gasteiger partial charge in [-0.2, -0.15) is 0 Å². The monoisotopic (exact) mass is 186 g/mol. The molecule has 0 atom stereocenters. The fraction of sp³-hybridized carbons (Fsp3) is 0.0833. The quantitative estimate of drug-likeness (QED) is 0.674. The highest BCUT2D eigenvalue weighted by Gasteiger charge is 2.05. The van der Waals surface area contributed by atoms with E-state index in [1.165, 1.54) is 0 Å². The molecule has 0 saturated carbocycles. The molecule has 0 N–H and O–H groups in total. The molecule has 2 heteroatoms. The first-order valence-corrected chi connectivity index (χ1v) is 4.42. The van der Waals surface area contributed by atoms with E-state index in [2.05, 4.69) is 0 Å². The molecule has 2 aromatic rings. The summed E-state index contributed by atoms with van der Waals surface area (Å²) in [4.78, 5) is 10.4. The van der Waals surface area contributed by atoms with Crippen LogP contribution < -0.4 is 0 Å². The average molecular weight is 186 g/mol. The largest absolute Gasteiger partial charge is 0.453 e. The number of hydrogen-bond acceptors (Lipinski definition) is 2. The van der Waals surface area contributed by atoms with Crippen molar-refractivity contribution in [2.24, 2.45) is 0 Å². The van der Waals surface area contributed by atoms with Gasteiger partial charge in [0, 0.05) is 5.56 Å². The molecule has 14 heavy (non-hydrogen) atoms. The van der Waals surface area contributed by atoms with E-state index in [4.69, 9.17) is 4.42 Å². The molecule has 0 unspecified atom stereocenters. The molecule has 2 nitrogen and oxygen atoms in total. The summed E-state index contributed by atoms with van der Waals surface area (Å²) in [5.74, 6) is 1.11. The minimum Gasteiger partial charge on any atom is -0.453 e. The van der Waals surface area contributed by atoms with Gasteiger partial charge < -0.3 is 4.42 Å². The first-order valence-electron chi connectivity index (χ1n) is 4.42. The predicted octanol–water partition coefficient (Wildman–Crippen LogP) is 3.07. The highest BCUT2D eigenvalue weighted by Crippen LogP contribution is 2.24. The number of rotatable bonds is 2. The van der Waals surface area contributed by atoms with Crippen LogP contribution in [0.15, 0.2) is 40.8 Å². The van der Waals surface area contributed by atoms with Crippen LogP contribution in [0.25, 0.3) is 11.3 Å². The van der Waals surface area contributed by atoms with E-state index in [-0.39, 0.29) is 0 Å². The molecule has 0 aliphatic heterocycles. The van der Waals surface area contributed by atoms with E-state index in [9.17, 15) is 4.79 Å². The number of aldehydes is 1. The lowest BCUT2D eigenvalue weighted by Gasteiger charge is -2.00. The van der Waals surface area contributed by atoms with E-state index in [1.807, 2.05) is 37.3 Å². The van der Waals surface area contributed by atoms with Gasteiger partial charge in [0.05, 0.1) is 0 Å². The Balaban J connectivity index is 2.49. The Bertz CT molecular complexity index is 455. The third-order valence-corrected chi connectivity index (χ3v) is 2.15. The molecule has 0 spiro atoms. The zero-order chi connectivity index (χ0) is 9.97. The Morgan fingerprint density at radius 2 is 1.93 bits per heavy atom. The summed E-state index contributed by atoms with van der Waals surface area (Å²) >= 11 is 0. The maximum atomic E-state index is 10.4. The van der Waals surface area contributed by atoms with E-state index in [0.29, 0.717) is 12.0 Å². The Hall–Kier alpha value is -1.83. The molecule has 1 heterocycles. The van der Waals surface area contributed by atoms with Crippen molar-refractivity contribution >= 4 is 6.29 Å². The van der Waals surface area contributed by atoms with Crippen molar-refractivity contribution in [2.75, 3.05) is 0 Å². The number of carbonyl (C=O) groups is 1. The zero-order valence-electron chi connectivity index (χ0n) is 7.86. The lowest BCUT2D eigenvalue weighted by molar-refractivity contribution is 0.110. The standard InChI is InChI=1S/C12H10O2/c1-9-4-2-3-5-11(9)12-7-6-10(8-13)14-12/h2-8H,1H3. The number of benzene rings is 1. The van der Waals surface area contributed by atoms with Gasteiger partial charge in [0.25, 0.3) is 0 Å². The molecule has 70 valence electrons. The van der Waals surface area contributed by atoms with Crippen molar-refractivity contribution in [1.29, 1.82) is 0 Å². The SMILES string of the molecule is Cc1ccccc1-c1ccc(C=O)o1. The Labute approximate surface area is 82.2 Å². The average Bonchev–Trinajstić information content (AvgIpc) is 2.67. The number of carbonyl (C=O) groups excluding carboxylic acids is 1. The van der Waals surface area contributed by atoms with Crippen LogP contribution in [0.5, 0.6) is 0 Å². The summed E-state index contributed by atoms with van der Waals surface area (Å²) in [6.07, 6.45) is 0.710. The van der Waals surface area contributed by atoms with Crippen molar-refractivity contribution in [3.63, 3.8) is 0 Å². The van der Waals surface area contributed by atoms with Crippen LogP contribution in [0.4, 0.5) is 0 Å². The fourth-order valence-electron chi connectivity index (χ4n) is 1.41. The second-order valence-electron chi connectivity index (χ2n) is 3.13. The molecule has 0 radical (unpaired) electrons. The molecular weight excluding hydrogens is 176 g/mol. The topological polar surface area (TPSA) is 30.2 Å². The van der Waals surface area contributed by atoms with Gasteiger partial charge in [0.1, 0.15) is 5.76 Å². The lowest BCUT2D eigenvalue weighted by atomic mass is 10.1. The molecule has 0 aliphatic rings. The second kappa shape index (κ2) is 3.50. The Kier molecular flexibility index (Phi) is 2.19. The number of hydrogen-bond donors (Lipinski definition) is 0. The third kappa shape index (κ3) is 1.46. The van der Waals surface area contributed by atoms with E-state index >= 15 is 0 Å². The Morgan fingerprint density at radius 3 is 2.57 bits per heavy atom. The van der Waals surface area contributed by atoms with Gasteiger partial charge in [0.2, 0.25) is 0 Å². The number of furan rings is 1. The summed E-state index contributed by atoms with van der Waals surface area (Å²) in [7, 11) is 0. The van der Waals surface area contributed by atoms with Gasteiger partial charge in [-0.25, -0.2) is 0 Å². The van der Waals surface area contributed by atoms with Crippen LogP contribution in [0.2, 0.25) is 0 Å². The molecule has 2 rings (SSSR count). The highest BCUT2D eigenvalue weighted by atomic mass is 16.3. The van der Waals surface area contributed by atoms with Crippen LogP contribution in [0.1, 0.15) is 16.1 Å². The van der Waals surface area contributed by atoms with E-state index < -0.39 is 0 Å².